The molecule has 0 spiro atoms. The summed E-state index contributed by atoms with van der Waals surface area (Å²) < 4.78 is 6.47. The van der Waals surface area contributed by atoms with Gasteiger partial charge in [-0.1, -0.05) is 22.5 Å². The van der Waals surface area contributed by atoms with Crippen LogP contribution in [0.2, 0.25) is 0 Å². The highest BCUT2D eigenvalue weighted by Gasteiger charge is 2.08. The van der Waals surface area contributed by atoms with Gasteiger partial charge >= 0.3 is 0 Å². The molecule has 0 unspecified atom stereocenters. The lowest BCUT2D eigenvalue weighted by molar-refractivity contribution is -0.000513. The van der Waals surface area contributed by atoms with E-state index in [1.807, 2.05) is 0 Å². The van der Waals surface area contributed by atoms with Crippen LogP contribution in [-0.2, 0) is 4.74 Å². The second-order valence-corrected chi connectivity index (χ2v) is 4.78. The van der Waals surface area contributed by atoms with Crippen LogP contribution in [0.1, 0.15) is 20.8 Å². The number of halogens is 1. The van der Waals surface area contributed by atoms with Gasteiger partial charge in [0.15, 0.2) is 0 Å². The molecule has 0 aromatic rings. The number of ether oxygens (including phenoxy) is 1. The van der Waals surface area contributed by atoms with Crippen molar-refractivity contribution < 1.29 is 4.74 Å². The lowest BCUT2D eigenvalue weighted by atomic mass is 10.2. The number of hydrogen-bond donors (Lipinski definition) is 1. The van der Waals surface area contributed by atoms with E-state index in [4.69, 9.17) is 4.74 Å². The third-order valence-electron chi connectivity index (χ3n) is 1.13. The number of nitrogens with one attached hydrogen (secondary N) is 1. The van der Waals surface area contributed by atoms with Crippen LogP contribution >= 0.6 is 15.9 Å². The van der Waals surface area contributed by atoms with Gasteiger partial charge in [0.25, 0.3) is 0 Å². The van der Waals surface area contributed by atoms with Crippen molar-refractivity contribution in [3.63, 3.8) is 0 Å². The first-order valence-corrected chi connectivity index (χ1v) is 4.89. The molecule has 2 nitrogen and oxygen atoms in total. The summed E-state index contributed by atoms with van der Waals surface area (Å²) in [5.41, 5.74) is -0.0346. The van der Waals surface area contributed by atoms with Gasteiger partial charge in [0.2, 0.25) is 0 Å². The Morgan fingerprint density at radius 1 is 1.50 bits per heavy atom. The first kappa shape index (κ1) is 12.1. The topological polar surface area (TPSA) is 21.3 Å². The van der Waals surface area contributed by atoms with E-state index in [9.17, 15) is 0 Å². The summed E-state index contributed by atoms with van der Waals surface area (Å²) in [5.74, 6) is 0. The van der Waals surface area contributed by atoms with Crippen LogP contribution in [0.25, 0.3) is 0 Å². The maximum atomic E-state index is 5.50. The summed E-state index contributed by atoms with van der Waals surface area (Å²) in [4.78, 5) is 0. The van der Waals surface area contributed by atoms with E-state index in [1.54, 1.807) is 0 Å². The van der Waals surface area contributed by atoms with E-state index < -0.39 is 0 Å². The molecule has 0 aliphatic rings. The first-order valence-electron chi connectivity index (χ1n) is 4.10. The molecule has 0 heterocycles. The van der Waals surface area contributed by atoms with Crippen LogP contribution in [-0.4, -0.2) is 25.3 Å². The molecule has 0 bridgehead atoms. The zero-order valence-electron chi connectivity index (χ0n) is 8.11. The molecule has 0 saturated heterocycles. The Balaban J connectivity index is 3.17. The summed E-state index contributed by atoms with van der Waals surface area (Å²) >= 11 is 3.27. The molecule has 0 saturated carbocycles. The first-order chi connectivity index (χ1) is 5.42. The lowest BCUT2D eigenvalue weighted by Gasteiger charge is -2.19. The van der Waals surface area contributed by atoms with E-state index in [2.05, 4.69) is 48.6 Å². The fourth-order valence-electron chi connectivity index (χ4n) is 0.653. The van der Waals surface area contributed by atoms with Gasteiger partial charge in [-0.15, -0.1) is 0 Å². The molecule has 0 atom stereocenters. The quantitative estimate of drug-likeness (QED) is 0.739. The van der Waals surface area contributed by atoms with E-state index in [0.717, 1.165) is 24.2 Å². The Labute approximate surface area is 83.5 Å². The van der Waals surface area contributed by atoms with Gasteiger partial charge in [-0.3, -0.25) is 0 Å². The largest absolute Gasteiger partial charge is 0.375 e. The second kappa shape index (κ2) is 5.73. The van der Waals surface area contributed by atoms with Crippen LogP contribution in [0.5, 0.6) is 0 Å². The van der Waals surface area contributed by atoms with Crippen molar-refractivity contribution in [3.05, 3.63) is 11.1 Å². The minimum Gasteiger partial charge on any atom is -0.375 e. The van der Waals surface area contributed by atoms with Gasteiger partial charge < -0.3 is 10.1 Å². The Morgan fingerprint density at radius 2 is 2.08 bits per heavy atom. The highest BCUT2D eigenvalue weighted by atomic mass is 79.9. The predicted octanol–water partition coefficient (Wildman–Crippen LogP) is 2.30. The summed E-state index contributed by atoms with van der Waals surface area (Å²) in [7, 11) is 0. The maximum absolute atomic E-state index is 5.50. The molecular weight excluding hydrogens is 218 g/mol. The van der Waals surface area contributed by atoms with Gasteiger partial charge in [0, 0.05) is 17.6 Å². The van der Waals surface area contributed by atoms with E-state index in [0.29, 0.717) is 0 Å². The molecule has 0 radical (unpaired) electrons. The predicted molar refractivity (Wildman–Crippen MR) is 56.6 cm³/mol. The van der Waals surface area contributed by atoms with Crippen molar-refractivity contribution in [1.29, 1.82) is 0 Å². The minimum atomic E-state index is -0.0346. The molecule has 0 aromatic carbocycles. The summed E-state index contributed by atoms with van der Waals surface area (Å²) in [6, 6.07) is 0. The molecule has 0 rings (SSSR count). The van der Waals surface area contributed by atoms with Gasteiger partial charge in [0.1, 0.15) is 0 Å². The van der Waals surface area contributed by atoms with Crippen LogP contribution in [0.4, 0.5) is 0 Å². The van der Waals surface area contributed by atoms with Gasteiger partial charge in [0.05, 0.1) is 12.2 Å². The molecule has 0 aliphatic heterocycles. The summed E-state index contributed by atoms with van der Waals surface area (Å²) in [6.45, 7) is 12.3. The van der Waals surface area contributed by atoms with Crippen LogP contribution < -0.4 is 5.32 Å². The molecule has 0 aromatic heterocycles. The van der Waals surface area contributed by atoms with E-state index in [-0.39, 0.29) is 5.60 Å². The van der Waals surface area contributed by atoms with Gasteiger partial charge in [-0.05, 0) is 20.8 Å². The fourth-order valence-corrected chi connectivity index (χ4v) is 0.852. The standard InChI is InChI=1S/C9H18BrNO/c1-8(10)7-11-5-6-12-9(2,3)4/h11H,1,5-7H2,2-4H3. The molecule has 0 amide bonds. The van der Waals surface area contributed by atoms with Crippen LogP contribution in [0.3, 0.4) is 0 Å². The fraction of sp³-hybridized carbons (Fsp3) is 0.778. The van der Waals surface area contributed by atoms with E-state index in [1.165, 1.54) is 0 Å². The van der Waals surface area contributed by atoms with Crippen LogP contribution in [0, 0.1) is 0 Å². The average molecular weight is 236 g/mol. The highest BCUT2D eigenvalue weighted by Crippen LogP contribution is 2.05. The third kappa shape index (κ3) is 10.1. The molecule has 0 fully saturated rings. The van der Waals surface area contributed by atoms with Crippen LogP contribution in [0.15, 0.2) is 11.1 Å². The van der Waals surface area contributed by atoms with E-state index >= 15 is 0 Å². The monoisotopic (exact) mass is 235 g/mol. The lowest BCUT2D eigenvalue weighted by Crippen LogP contribution is -2.27. The van der Waals surface area contributed by atoms with Crippen molar-refractivity contribution in [1.82, 2.24) is 5.32 Å². The average Bonchev–Trinajstić information content (AvgIpc) is 1.83. The smallest absolute Gasteiger partial charge is 0.0599 e. The summed E-state index contributed by atoms with van der Waals surface area (Å²) in [6.07, 6.45) is 0. The molecule has 3 heteroatoms. The highest BCUT2D eigenvalue weighted by molar-refractivity contribution is 9.11. The number of rotatable bonds is 5. The Kier molecular flexibility index (Phi) is 5.80. The van der Waals surface area contributed by atoms with Gasteiger partial charge in [-0.2, -0.15) is 0 Å². The minimum absolute atomic E-state index is 0.0346. The van der Waals surface area contributed by atoms with Crippen molar-refractivity contribution in [3.8, 4) is 0 Å². The maximum Gasteiger partial charge on any atom is 0.0599 e. The third-order valence-corrected chi connectivity index (χ3v) is 1.41. The SMILES string of the molecule is C=C(Br)CNCCOC(C)(C)C. The Morgan fingerprint density at radius 3 is 2.50 bits per heavy atom. The zero-order valence-corrected chi connectivity index (χ0v) is 9.70. The molecule has 1 N–H and O–H groups in total. The van der Waals surface area contributed by atoms with Crippen molar-refractivity contribution >= 4 is 15.9 Å². The molecular formula is C9H18BrNO. The number of hydrogen-bond acceptors (Lipinski definition) is 2. The van der Waals surface area contributed by atoms with Gasteiger partial charge in [-0.25, -0.2) is 0 Å². The Bertz CT molecular complexity index is 140. The Hall–Kier alpha value is 0.140. The van der Waals surface area contributed by atoms with Crippen molar-refractivity contribution in [2.45, 2.75) is 26.4 Å². The molecule has 0 aliphatic carbocycles. The van der Waals surface area contributed by atoms with Crippen molar-refractivity contribution in [2.75, 3.05) is 19.7 Å². The molecule has 12 heavy (non-hydrogen) atoms. The zero-order chi connectivity index (χ0) is 9.61. The normalized spacial score (nSPS) is 11.7. The second-order valence-electron chi connectivity index (χ2n) is 3.65. The van der Waals surface area contributed by atoms with Crippen molar-refractivity contribution in [2.24, 2.45) is 0 Å². The molecule has 72 valence electrons. The summed E-state index contributed by atoms with van der Waals surface area (Å²) in [5, 5.41) is 3.19.